The molecule has 0 amide bonds. The zero-order valence-corrected chi connectivity index (χ0v) is 34.8. The lowest BCUT2D eigenvalue weighted by Crippen LogP contribution is -2.11. The molecule has 0 saturated carbocycles. The molecule has 0 aliphatic heterocycles. The van der Waals surface area contributed by atoms with Crippen LogP contribution in [0.15, 0.2) is 109 Å². The molecule has 3 aromatic heterocycles. The average molecular weight is 722 g/mol. The van der Waals surface area contributed by atoms with E-state index < -0.39 is 0 Å². The summed E-state index contributed by atoms with van der Waals surface area (Å²) >= 11 is 0. The van der Waals surface area contributed by atoms with Crippen LogP contribution in [0.3, 0.4) is 0 Å². The van der Waals surface area contributed by atoms with Crippen molar-refractivity contribution in [3.63, 3.8) is 0 Å². The third-order valence-corrected chi connectivity index (χ3v) is 12.1. The van der Waals surface area contributed by atoms with Crippen LogP contribution in [0.25, 0.3) is 76.8 Å². The molecule has 9 rings (SSSR count). The number of hydrogen-bond acceptors (Lipinski definition) is 0. The second kappa shape index (κ2) is 11.6. The van der Waals surface area contributed by atoms with Crippen molar-refractivity contribution in [1.82, 2.24) is 14.1 Å². The van der Waals surface area contributed by atoms with Crippen molar-refractivity contribution in [1.29, 1.82) is 0 Å². The van der Waals surface area contributed by atoms with E-state index in [1.165, 1.54) is 88.0 Å². The van der Waals surface area contributed by atoms with Crippen LogP contribution in [0.5, 0.6) is 0 Å². The lowest BCUT2D eigenvalue weighted by molar-refractivity contribution is 0.590. The summed E-state index contributed by atoms with van der Waals surface area (Å²) in [5.74, 6) is 0. The highest BCUT2D eigenvalue weighted by molar-refractivity contribution is 6.22. The maximum Gasteiger partial charge on any atom is 0.0562 e. The van der Waals surface area contributed by atoms with Gasteiger partial charge in [-0.25, -0.2) is 0 Å². The molecule has 3 nitrogen and oxygen atoms in total. The van der Waals surface area contributed by atoms with E-state index in [2.05, 4.69) is 206 Å². The predicted octanol–water partition coefficient (Wildman–Crippen LogP) is 14.7. The van der Waals surface area contributed by atoms with Gasteiger partial charge in [-0.1, -0.05) is 119 Å². The molecule has 6 aromatic carbocycles. The number of nitrogens with zero attached hydrogens (tertiary/aromatic N) is 2. The third kappa shape index (κ3) is 5.69. The van der Waals surface area contributed by atoms with Crippen LogP contribution >= 0.6 is 0 Å². The normalized spacial score (nSPS) is 13.5. The van der Waals surface area contributed by atoms with Gasteiger partial charge in [0.15, 0.2) is 0 Å². The first-order chi connectivity index (χ1) is 25.8. The SMILES string of the molecule is CC(C)(C)c1ccc(-n2c3ccc(C(C)(C)C)cc3c3cc4c(cc32)[nH]c2cc3c(cc24)c2cc(C(C)(C)C)ccc2n3-c2ccc(C(C)(C)C)cc2)cc1. The third-order valence-electron chi connectivity index (χ3n) is 12.1. The first kappa shape index (κ1) is 35.4. The molecular formula is C52H55N3. The number of rotatable bonds is 2. The van der Waals surface area contributed by atoms with Crippen LogP contribution < -0.4 is 0 Å². The van der Waals surface area contributed by atoms with Crippen LogP contribution in [-0.4, -0.2) is 14.1 Å². The molecule has 0 aliphatic carbocycles. The van der Waals surface area contributed by atoms with E-state index in [9.17, 15) is 0 Å². The first-order valence-corrected chi connectivity index (χ1v) is 20.0. The number of nitrogens with one attached hydrogen (secondary N) is 1. The number of benzene rings is 6. The van der Waals surface area contributed by atoms with E-state index in [4.69, 9.17) is 0 Å². The van der Waals surface area contributed by atoms with Crippen LogP contribution in [0, 0.1) is 0 Å². The Hall–Kier alpha value is -5.28. The molecule has 278 valence electrons. The Labute approximate surface area is 326 Å². The molecular weight excluding hydrogens is 667 g/mol. The van der Waals surface area contributed by atoms with E-state index >= 15 is 0 Å². The van der Waals surface area contributed by atoms with Gasteiger partial charge < -0.3 is 14.1 Å². The quantitative estimate of drug-likeness (QED) is 0.184. The Kier molecular flexibility index (Phi) is 7.48. The summed E-state index contributed by atoms with van der Waals surface area (Å²) in [4.78, 5) is 3.91. The van der Waals surface area contributed by atoms with E-state index in [1.807, 2.05) is 0 Å². The Morgan fingerprint density at radius 3 is 0.945 bits per heavy atom. The fraction of sp³-hybridized carbons (Fsp3) is 0.308. The molecule has 0 atom stereocenters. The summed E-state index contributed by atoms with van der Waals surface area (Å²) in [5.41, 5.74) is 15.2. The number of hydrogen-bond donors (Lipinski definition) is 1. The second-order valence-electron chi connectivity index (χ2n) is 20.2. The summed E-state index contributed by atoms with van der Waals surface area (Å²) in [6.45, 7) is 27.5. The van der Waals surface area contributed by atoms with Gasteiger partial charge in [-0.15, -0.1) is 0 Å². The second-order valence-corrected chi connectivity index (χ2v) is 20.2. The minimum absolute atomic E-state index is 0.0423. The summed E-state index contributed by atoms with van der Waals surface area (Å²) in [7, 11) is 0. The number of H-pyrrole nitrogens is 1. The highest BCUT2D eigenvalue weighted by Gasteiger charge is 2.23. The Bertz CT molecular complexity index is 2760. The Balaban J connectivity index is 1.34. The van der Waals surface area contributed by atoms with Gasteiger partial charge in [-0.05, 0) is 117 Å². The van der Waals surface area contributed by atoms with Gasteiger partial charge in [-0.2, -0.15) is 0 Å². The standard InChI is InChI=1S/C52H55N3/c1-49(2,3)31-13-19-35(20-14-31)54-45-23-17-33(51(7,8)9)25-39(45)41-27-37-38-28-42-40-26-34(52(10,11)12)18-24-46(40)55(36-21-15-32(16-22-36)50(4,5)6)48(42)30-44(38)53-43(37)29-47(41)54/h13-30,53H,1-12H3. The molecule has 0 bridgehead atoms. The maximum absolute atomic E-state index is 3.91. The topological polar surface area (TPSA) is 25.6 Å². The Morgan fingerprint density at radius 1 is 0.309 bits per heavy atom. The van der Waals surface area contributed by atoms with Gasteiger partial charge in [0.25, 0.3) is 0 Å². The van der Waals surface area contributed by atoms with Gasteiger partial charge in [0.05, 0.1) is 22.1 Å². The van der Waals surface area contributed by atoms with Gasteiger partial charge >= 0.3 is 0 Å². The van der Waals surface area contributed by atoms with Crippen molar-refractivity contribution in [2.45, 2.75) is 105 Å². The highest BCUT2D eigenvalue weighted by Crippen LogP contribution is 2.42. The summed E-state index contributed by atoms with van der Waals surface area (Å²) < 4.78 is 4.92. The van der Waals surface area contributed by atoms with E-state index in [-0.39, 0.29) is 21.7 Å². The molecule has 55 heavy (non-hydrogen) atoms. The van der Waals surface area contributed by atoms with Crippen molar-refractivity contribution in [3.8, 4) is 11.4 Å². The molecule has 0 saturated heterocycles. The van der Waals surface area contributed by atoms with Crippen LogP contribution in [-0.2, 0) is 21.7 Å². The van der Waals surface area contributed by atoms with Crippen molar-refractivity contribution in [2.24, 2.45) is 0 Å². The lowest BCUT2D eigenvalue weighted by atomic mass is 9.86. The molecule has 0 radical (unpaired) electrons. The molecule has 3 heterocycles. The minimum Gasteiger partial charge on any atom is -0.354 e. The molecule has 0 spiro atoms. The number of fused-ring (bicyclic) bond motifs is 9. The fourth-order valence-electron chi connectivity index (χ4n) is 8.64. The van der Waals surface area contributed by atoms with Crippen LogP contribution in [0.2, 0.25) is 0 Å². The van der Waals surface area contributed by atoms with E-state index in [0.29, 0.717) is 0 Å². The lowest BCUT2D eigenvalue weighted by Gasteiger charge is -2.20. The summed E-state index contributed by atoms with van der Waals surface area (Å²) in [6, 6.07) is 42.2. The van der Waals surface area contributed by atoms with Gasteiger partial charge in [0.2, 0.25) is 0 Å². The molecule has 9 aromatic rings. The summed E-state index contributed by atoms with van der Waals surface area (Å²) in [6.07, 6.45) is 0. The van der Waals surface area contributed by atoms with Crippen molar-refractivity contribution in [3.05, 3.63) is 131 Å². The average Bonchev–Trinajstić information content (AvgIpc) is 3.74. The van der Waals surface area contributed by atoms with Crippen molar-refractivity contribution >= 4 is 65.4 Å². The zero-order chi connectivity index (χ0) is 39.0. The monoisotopic (exact) mass is 721 g/mol. The molecule has 1 N–H and O–H groups in total. The van der Waals surface area contributed by atoms with Gasteiger partial charge in [0, 0.05) is 54.7 Å². The molecule has 0 fully saturated rings. The first-order valence-electron chi connectivity index (χ1n) is 20.0. The zero-order valence-electron chi connectivity index (χ0n) is 34.8. The number of aromatic nitrogens is 3. The number of aromatic amines is 1. The molecule has 0 unspecified atom stereocenters. The van der Waals surface area contributed by atoms with Crippen molar-refractivity contribution < 1.29 is 0 Å². The van der Waals surface area contributed by atoms with E-state index in [1.54, 1.807) is 0 Å². The fourth-order valence-corrected chi connectivity index (χ4v) is 8.64. The van der Waals surface area contributed by atoms with Crippen molar-refractivity contribution in [2.75, 3.05) is 0 Å². The molecule has 3 heteroatoms. The van der Waals surface area contributed by atoms with Gasteiger partial charge in [-0.3, -0.25) is 0 Å². The largest absolute Gasteiger partial charge is 0.354 e. The van der Waals surface area contributed by atoms with E-state index in [0.717, 1.165) is 11.0 Å². The minimum atomic E-state index is 0.0423. The predicted molar refractivity (Wildman–Crippen MR) is 239 cm³/mol. The van der Waals surface area contributed by atoms with Gasteiger partial charge in [0.1, 0.15) is 0 Å². The maximum atomic E-state index is 3.91. The van der Waals surface area contributed by atoms with Crippen LogP contribution in [0.4, 0.5) is 0 Å². The van der Waals surface area contributed by atoms with Crippen LogP contribution in [0.1, 0.15) is 105 Å². The Morgan fingerprint density at radius 2 is 0.618 bits per heavy atom. The smallest absolute Gasteiger partial charge is 0.0562 e. The molecule has 0 aliphatic rings. The summed E-state index contributed by atoms with van der Waals surface area (Å²) in [5, 5.41) is 7.68. The highest BCUT2D eigenvalue weighted by atomic mass is 15.0.